The lowest BCUT2D eigenvalue weighted by Crippen LogP contribution is -1.93. The van der Waals surface area contributed by atoms with Gasteiger partial charge in [0.25, 0.3) is 0 Å². The van der Waals surface area contributed by atoms with Gasteiger partial charge in [-0.2, -0.15) is 0 Å². The highest BCUT2D eigenvalue weighted by molar-refractivity contribution is 9.10. The number of aliphatic hydroxyl groups excluding tert-OH is 1. The minimum absolute atomic E-state index is 0.168. The normalized spacial score (nSPS) is 24.1. The van der Waals surface area contributed by atoms with Crippen molar-refractivity contribution in [2.45, 2.75) is 31.5 Å². The molecule has 0 saturated carbocycles. The number of ether oxygens (including phenoxy) is 1. The van der Waals surface area contributed by atoms with Crippen LogP contribution in [-0.4, -0.2) is 22.8 Å². The Hall–Kier alpha value is -0.450. The molecule has 0 aromatic carbocycles. The Labute approximate surface area is 97.6 Å². The molecule has 82 valence electrons. The fourth-order valence-electron chi connectivity index (χ4n) is 1.66. The second-order valence-electron chi connectivity index (χ2n) is 3.70. The first-order valence-corrected chi connectivity index (χ1v) is 5.99. The minimum Gasteiger partial charge on any atom is -0.396 e. The Morgan fingerprint density at radius 2 is 2.27 bits per heavy atom. The predicted molar refractivity (Wildman–Crippen MR) is 60.5 cm³/mol. The van der Waals surface area contributed by atoms with Crippen molar-refractivity contribution in [3.63, 3.8) is 0 Å². The third-order valence-corrected chi connectivity index (χ3v) is 2.95. The number of pyridine rings is 1. The van der Waals surface area contributed by atoms with Gasteiger partial charge < -0.3 is 9.84 Å². The molecule has 2 unspecified atom stereocenters. The zero-order valence-electron chi connectivity index (χ0n) is 8.40. The summed E-state index contributed by atoms with van der Waals surface area (Å²) < 4.78 is 6.39. The van der Waals surface area contributed by atoms with Gasteiger partial charge in [0.1, 0.15) is 10.7 Å². The molecule has 2 atom stereocenters. The number of epoxide rings is 1. The van der Waals surface area contributed by atoms with Crippen LogP contribution in [0.15, 0.2) is 22.8 Å². The number of hydrogen-bond acceptors (Lipinski definition) is 3. The lowest BCUT2D eigenvalue weighted by Gasteiger charge is -1.96. The Morgan fingerprint density at radius 3 is 3.00 bits per heavy atom. The monoisotopic (exact) mass is 271 g/mol. The topological polar surface area (TPSA) is 45.6 Å². The third kappa shape index (κ3) is 3.00. The van der Waals surface area contributed by atoms with Crippen LogP contribution in [0.3, 0.4) is 0 Å². The predicted octanol–water partition coefficient (Wildman–Crippen LogP) is 2.45. The molecule has 0 bridgehead atoms. The molecule has 1 fully saturated rings. The zero-order valence-corrected chi connectivity index (χ0v) is 9.98. The highest BCUT2D eigenvalue weighted by Gasteiger charge is 2.40. The number of hydrogen-bond donors (Lipinski definition) is 1. The SMILES string of the molecule is OCCCCC1OC1c1cccc(Br)n1. The van der Waals surface area contributed by atoms with E-state index in [0.717, 1.165) is 29.6 Å². The maximum atomic E-state index is 8.66. The van der Waals surface area contributed by atoms with Gasteiger partial charge in [0.05, 0.1) is 11.8 Å². The fraction of sp³-hybridized carbons (Fsp3) is 0.545. The van der Waals surface area contributed by atoms with Gasteiger partial charge in [0.2, 0.25) is 0 Å². The van der Waals surface area contributed by atoms with Crippen molar-refractivity contribution in [1.29, 1.82) is 0 Å². The van der Waals surface area contributed by atoms with Crippen LogP contribution in [0.5, 0.6) is 0 Å². The minimum atomic E-state index is 0.168. The average Bonchev–Trinajstić information content (AvgIpc) is 2.98. The molecule has 1 aromatic heterocycles. The molecule has 1 N–H and O–H groups in total. The largest absolute Gasteiger partial charge is 0.396 e. The summed E-state index contributed by atoms with van der Waals surface area (Å²) in [6.45, 7) is 0.270. The summed E-state index contributed by atoms with van der Waals surface area (Å²) in [6.07, 6.45) is 3.36. The molecular weight excluding hydrogens is 258 g/mol. The van der Waals surface area contributed by atoms with E-state index in [1.165, 1.54) is 0 Å². The Bertz CT molecular complexity index is 332. The van der Waals surface area contributed by atoms with Crippen LogP contribution >= 0.6 is 15.9 Å². The summed E-state index contributed by atoms with van der Waals surface area (Å²) in [4.78, 5) is 4.36. The molecule has 15 heavy (non-hydrogen) atoms. The van der Waals surface area contributed by atoms with E-state index in [-0.39, 0.29) is 12.7 Å². The maximum absolute atomic E-state index is 8.66. The Balaban J connectivity index is 1.83. The van der Waals surface area contributed by atoms with E-state index in [9.17, 15) is 0 Å². The molecule has 1 aliphatic rings. The molecule has 0 aliphatic carbocycles. The van der Waals surface area contributed by atoms with E-state index in [1.807, 2.05) is 18.2 Å². The Kier molecular flexibility index (Phi) is 3.72. The number of aliphatic hydroxyl groups is 1. The van der Waals surface area contributed by atoms with E-state index < -0.39 is 0 Å². The lowest BCUT2D eigenvalue weighted by atomic mass is 10.1. The van der Waals surface area contributed by atoms with Crippen molar-refractivity contribution >= 4 is 15.9 Å². The van der Waals surface area contributed by atoms with Crippen LogP contribution in [0.4, 0.5) is 0 Å². The fourth-order valence-corrected chi connectivity index (χ4v) is 2.02. The van der Waals surface area contributed by atoms with Crippen LogP contribution in [0.1, 0.15) is 31.1 Å². The van der Waals surface area contributed by atoms with E-state index in [2.05, 4.69) is 20.9 Å². The smallest absolute Gasteiger partial charge is 0.126 e. The van der Waals surface area contributed by atoms with Crippen molar-refractivity contribution in [2.75, 3.05) is 6.61 Å². The van der Waals surface area contributed by atoms with Crippen molar-refractivity contribution < 1.29 is 9.84 Å². The first-order valence-electron chi connectivity index (χ1n) is 5.20. The highest BCUT2D eigenvalue weighted by atomic mass is 79.9. The van der Waals surface area contributed by atoms with Gasteiger partial charge in [-0.15, -0.1) is 0 Å². The summed E-state index contributed by atoms with van der Waals surface area (Å²) in [6, 6.07) is 5.87. The number of nitrogens with zero attached hydrogens (tertiary/aromatic N) is 1. The van der Waals surface area contributed by atoms with Gasteiger partial charge in [-0.05, 0) is 47.3 Å². The maximum Gasteiger partial charge on any atom is 0.126 e. The summed E-state index contributed by atoms with van der Waals surface area (Å²) in [5.41, 5.74) is 0.998. The number of rotatable bonds is 5. The first-order chi connectivity index (χ1) is 7.31. The van der Waals surface area contributed by atoms with Crippen molar-refractivity contribution in [1.82, 2.24) is 4.98 Å². The third-order valence-electron chi connectivity index (χ3n) is 2.51. The average molecular weight is 272 g/mol. The van der Waals surface area contributed by atoms with Crippen LogP contribution in [0.25, 0.3) is 0 Å². The van der Waals surface area contributed by atoms with Gasteiger partial charge >= 0.3 is 0 Å². The van der Waals surface area contributed by atoms with Crippen molar-refractivity contribution in [3.8, 4) is 0 Å². The summed E-state index contributed by atoms with van der Waals surface area (Å²) in [7, 11) is 0. The second-order valence-corrected chi connectivity index (χ2v) is 4.51. The molecule has 1 aromatic rings. The molecule has 3 nitrogen and oxygen atoms in total. The second kappa shape index (κ2) is 5.05. The number of halogens is 1. The first kappa shape index (κ1) is 11.0. The molecule has 1 saturated heterocycles. The van der Waals surface area contributed by atoms with Crippen LogP contribution in [0, 0.1) is 0 Å². The standard InChI is InChI=1S/C11H14BrNO2/c12-10-6-3-4-8(13-10)11-9(15-11)5-1-2-7-14/h3-4,6,9,11,14H,1-2,5,7H2. The van der Waals surface area contributed by atoms with E-state index in [0.29, 0.717) is 6.10 Å². The number of aromatic nitrogens is 1. The van der Waals surface area contributed by atoms with Gasteiger partial charge in [-0.1, -0.05) is 6.07 Å². The Morgan fingerprint density at radius 1 is 1.40 bits per heavy atom. The van der Waals surface area contributed by atoms with Crippen LogP contribution in [-0.2, 0) is 4.74 Å². The highest BCUT2D eigenvalue weighted by Crippen LogP contribution is 2.40. The van der Waals surface area contributed by atoms with Gasteiger partial charge in [0.15, 0.2) is 0 Å². The van der Waals surface area contributed by atoms with E-state index in [1.54, 1.807) is 0 Å². The van der Waals surface area contributed by atoms with Crippen molar-refractivity contribution in [2.24, 2.45) is 0 Å². The van der Waals surface area contributed by atoms with Gasteiger partial charge in [0, 0.05) is 6.61 Å². The van der Waals surface area contributed by atoms with Crippen LogP contribution < -0.4 is 0 Å². The summed E-state index contributed by atoms with van der Waals surface area (Å²) in [5, 5.41) is 8.66. The van der Waals surface area contributed by atoms with Crippen molar-refractivity contribution in [3.05, 3.63) is 28.5 Å². The summed E-state index contributed by atoms with van der Waals surface area (Å²) >= 11 is 3.34. The lowest BCUT2D eigenvalue weighted by molar-refractivity contribution is 0.278. The summed E-state index contributed by atoms with van der Waals surface area (Å²) in [5.74, 6) is 0. The molecule has 1 aliphatic heterocycles. The molecule has 0 spiro atoms. The van der Waals surface area contributed by atoms with E-state index in [4.69, 9.17) is 9.84 Å². The number of unbranched alkanes of at least 4 members (excludes halogenated alkanes) is 1. The quantitative estimate of drug-likeness (QED) is 0.508. The molecule has 4 heteroatoms. The molecule has 0 amide bonds. The van der Waals surface area contributed by atoms with E-state index >= 15 is 0 Å². The molecule has 0 radical (unpaired) electrons. The molecular formula is C11H14BrNO2. The van der Waals surface area contributed by atoms with Gasteiger partial charge in [-0.25, -0.2) is 4.98 Å². The zero-order chi connectivity index (χ0) is 10.7. The van der Waals surface area contributed by atoms with Crippen LogP contribution in [0.2, 0.25) is 0 Å². The molecule has 2 heterocycles. The van der Waals surface area contributed by atoms with Gasteiger partial charge in [-0.3, -0.25) is 0 Å². The molecule has 2 rings (SSSR count).